The molecule has 0 aliphatic heterocycles. The van der Waals surface area contributed by atoms with Crippen LogP contribution in [0.15, 0.2) is 115 Å². The molecule has 6 rings (SSSR count). The van der Waals surface area contributed by atoms with Crippen LogP contribution in [0.2, 0.25) is 0 Å². The average Bonchev–Trinajstić information content (AvgIpc) is 2.89. The lowest BCUT2D eigenvalue weighted by Gasteiger charge is -2.12. The standard InChI is InChI=1S/C29H19N3/c1-4-10-20(11-5-1)25-19-17-22-16-18-24-26(21-12-6-2-7-13-21)31-29(23-14-8-3-9-15-23)32-28(24)27(22)30-25/h1-19H/i17D. The Morgan fingerprint density at radius 3 is 1.81 bits per heavy atom. The van der Waals surface area contributed by atoms with Gasteiger partial charge in [-0.25, -0.2) is 15.0 Å². The Bertz CT molecular complexity index is 1600. The molecule has 0 spiro atoms. The Balaban J connectivity index is 1.72. The lowest BCUT2D eigenvalue weighted by molar-refractivity contribution is 1.23. The second-order valence-electron chi connectivity index (χ2n) is 7.64. The third-order valence-corrected chi connectivity index (χ3v) is 5.59. The molecule has 0 N–H and O–H groups in total. The monoisotopic (exact) mass is 410 g/mol. The number of rotatable bonds is 3. The molecule has 0 aliphatic rings. The molecule has 0 amide bonds. The van der Waals surface area contributed by atoms with Crippen molar-refractivity contribution in [2.24, 2.45) is 0 Å². The fourth-order valence-electron chi connectivity index (χ4n) is 4.00. The van der Waals surface area contributed by atoms with Crippen LogP contribution in [0.5, 0.6) is 0 Å². The van der Waals surface area contributed by atoms with Crippen LogP contribution >= 0.6 is 0 Å². The normalized spacial score (nSPS) is 11.6. The molecule has 0 fully saturated rings. The summed E-state index contributed by atoms with van der Waals surface area (Å²) in [7, 11) is 0. The van der Waals surface area contributed by atoms with E-state index in [4.69, 9.17) is 16.3 Å². The molecule has 0 bridgehead atoms. The van der Waals surface area contributed by atoms with Crippen LogP contribution in [-0.2, 0) is 0 Å². The summed E-state index contributed by atoms with van der Waals surface area (Å²) in [5, 5.41) is 1.70. The maximum atomic E-state index is 8.68. The number of aromatic nitrogens is 3. The van der Waals surface area contributed by atoms with Gasteiger partial charge in [0.05, 0.1) is 18.3 Å². The fraction of sp³-hybridized carbons (Fsp3) is 0. The van der Waals surface area contributed by atoms with E-state index in [1.165, 1.54) is 0 Å². The minimum absolute atomic E-state index is 0.432. The number of hydrogen-bond acceptors (Lipinski definition) is 3. The molecule has 0 saturated heterocycles. The lowest BCUT2D eigenvalue weighted by atomic mass is 10.0. The minimum atomic E-state index is 0.432. The van der Waals surface area contributed by atoms with Crippen molar-refractivity contribution in [2.45, 2.75) is 0 Å². The van der Waals surface area contributed by atoms with Crippen molar-refractivity contribution < 1.29 is 1.37 Å². The van der Waals surface area contributed by atoms with Crippen molar-refractivity contribution in [3.8, 4) is 33.9 Å². The van der Waals surface area contributed by atoms with Gasteiger partial charge >= 0.3 is 0 Å². The average molecular weight is 410 g/mol. The zero-order chi connectivity index (χ0) is 22.2. The molecule has 32 heavy (non-hydrogen) atoms. The van der Waals surface area contributed by atoms with Crippen LogP contribution in [0, 0.1) is 0 Å². The molecule has 150 valence electrons. The molecule has 2 aromatic heterocycles. The largest absolute Gasteiger partial charge is 0.245 e. The maximum Gasteiger partial charge on any atom is 0.160 e. The van der Waals surface area contributed by atoms with Crippen LogP contribution < -0.4 is 0 Å². The topological polar surface area (TPSA) is 38.7 Å². The summed E-state index contributed by atoms with van der Waals surface area (Å²) in [5.41, 5.74) is 6.04. The fourth-order valence-corrected chi connectivity index (χ4v) is 4.00. The second kappa shape index (κ2) is 7.71. The van der Waals surface area contributed by atoms with Crippen molar-refractivity contribution in [1.82, 2.24) is 15.0 Å². The number of pyridine rings is 1. The van der Waals surface area contributed by atoms with E-state index in [9.17, 15) is 0 Å². The van der Waals surface area contributed by atoms with Crippen molar-refractivity contribution >= 4 is 21.8 Å². The highest BCUT2D eigenvalue weighted by Gasteiger charge is 2.15. The van der Waals surface area contributed by atoms with Gasteiger partial charge in [0.1, 0.15) is 5.52 Å². The first kappa shape index (κ1) is 17.3. The van der Waals surface area contributed by atoms with Crippen LogP contribution in [0.25, 0.3) is 55.7 Å². The molecule has 4 aromatic carbocycles. The van der Waals surface area contributed by atoms with Gasteiger partial charge in [-0.1, -0.05) is 103 Å². The van der Waals surface area contributed by atoms with Crippen LogP contribution in [0.1, 0.15) is 1.37 Å². The Morgan fingerprint density at radius 2 is 1.12 bits per heavy atom. The van der Waals surface area contributed by atoms with Gasteiger partial charge in [-0.15, -0.1) is 0 Å². The van der Waals surface area contributed by atoms with Crippen molar-refractivity contribution in [3.63, 3.8) is 0 Å². The molecule has 3 heteroatoms. The van der Waals surface area contributed by atoms with Crippen LogP contribution in [0.4, 0.5) is 0 Å². The van der Waals surface area contributed by atoms with Crippen molar-refractivity contribution in [3.05, 3.63) is 115 Å². The van der Waals surface area contributed by atoms with Gasteiger partial charge in [-0.2, -0.15) is 0 Å². The zero-order valence-electron chi connectivity index (χ0n) is 18.2. The molecule has 6 aromatic rings. The Morgan fingerprint density at radius 1 is 0.500 bits per heavy atom. The molecule has 3 nitrogen and oxygen atoms in total. The Labute approximate surface area is 187 Å². The summed E-state index contributed by atoms with van der Waals surface area (Å²) in [6.45, 7) is 0. The first-order valence-electron chi connectivity index (χ1n) is 11.1. The van der Waals surface area contributed by atoms with Crippen LogP contribution in [0.3, 0.4) is 0 Å². The number of hydrogen-bond donors (Lipinski definition) is 0. The first-order chi connectivity index (χ1) is 16.3. The number of fused-ring (bicyclic) bond motifs is 3. The van der Waals surface area contributed by atoms with Gasteiger partial charge in [0.15, 0.2) is 5.82 Å². The third-order valence-electron chi connectivity index (χ3n) is 5.59. The summed E-state index contributed by atoms with van der Waals surface area (Å²) >= 11 is 0. The minimum Gasteiger partial charge on any atom is -0.245 e. The second-order valence-corrected chi connectivity index (χ2v) is 7.64. The molecule has 2 heterocycles. The summed E-state index contributed by atoms with van der Waals surface area (Å²) in [6.07, 6.45) is 0. The highest BCUT2D eigenvalue weighted by atomic mass is 14.9. The molecule has 0 unspecified atom stereocenters. The van der Waals surface area contributed by atoms with E-state index in [2.05, 4.69) is 12.1 Å². The van der Waals surface area contributed by atoms with Gasteiger partial charge in [-0.05, 0) is 12.1 Å². The summed E-state index contributed by atoms with van der Waals surface area (Å²) < 4.78 is 8.68. The number of benzene rings is 4. The smallest absolute Gasteiger partial charge is 0.160 e. The molecule has 0 radical (unpaired) electrons. The lowest BCUT2D eigenvalue weighted by Crippen LogP contribution is -1.97. The van der Waals surface area contributed by atoms with Gasteiger partial charge in [0.2, 0.25) is 0 Å². The van der Waals surface area contributed by atoms with Crippen molar-refractivity contribution in [2.75, 3.05) is 0 Å². The third kappa shape index (κ3) is 3.21. The van der Waals surface area contributed by atoms with E-state index < -0.39 is 0 Å². The zero-order valence-corrected chi connectivity index (χ0v) is 17.2. The summed E-state index contributed by atoms with van der Waals surface area (Å²) in [5.74, 6) is 0.646. The van der Waals surface area contributed by atoms with Gasteiger partial charge in [0, 0.05) is 27.5 Å². The van der Waals surface area contributed by atoms with E-state index in [1.54, 1.807) is 0 Å². The maximum absolute atomic E-state index is 8.68. The van der Waals surface area contributed by atoms with E-state index in [0.29, 0.717) is 11.9 Å². The van der Waals surface area contributed by atoms with E-state index in [1.807, 2.05) is 97.1 Å². The first-order valence-corrected chi connectivity index (χ1v) is 10.6. The van der Waals surface area contributed by atoms with E-state index >= 15 is 0 Å². The quantitative estimate of drug-likeness (QED) is 0.290. The predicted octanol–water partition coefficient (Wildman–Crippen LogP) is 7.18. The Hall–Kier alpha value is -4.37. The van der Waals surface area contributed by atoms with E-state index in [-0.39, 0.29) is 0 Å². The Kier molecular flexibility index (Phi) is 4.17. The highest BCUT2D eigenvalue weighted by Crippen LogP contribution is 2.33. The highest BCUT2D eigenvalue weighted by molar-refractivity contribution is 6.08. The van der Waals surface area contributed by atoms with Gasteiger partial charge < -0.3 is 0 Å². The van der Waals surface area contributed by atoms with Crippen molar-refractivity contribution in [1.29, 1.82) is 0 Å². The molecule has 0 aliphatic carbocycles. The van der Waals surface area contributed by atoms with Gasteiger partial charge in [-0.3, -0.25) is 0 Å². The SMILES string of the molecule is [2H]c1cc(-c2ccccc2)nc2c1ccc1c(-c3ccccc3)nc(-c3ccccc3)nc12. The molecular weight excluding hydrogens is 390 g/mol. The molecule has 0 saturated carbocycles. The molecular formula is C29H19N3. The molecule has 0 atom stereocenters. The summed E-state index contributed by atoms with van der Waals surface area (Å²) in [4.78, 5) is 14.9. The number of nitrogens with zero attached hydrogens (tertiary/aromatic N) is 3. The van der Waals surface area contributed by atoms with Gasteiger partial charge in [0.25, 0.3) is 0 Å². The van der Waals surface area contributed by atoms with E-state index in [0.717, 1.165) is 49.9 Å². The van der Waals surface area contributed by atoms with Crippen LogP contribution in [-0.4, -0.2) is 15.0 Å². The predicted molar refractivity (Wildman–Crippen MR) is 131 cm³/mol. The summed E-state index contributed by atoms with van der Waals surface area (Å²) in [6, 6.07) is 36.3.